The summed E-state index contributed by atoms with van der Waals surface area (Å²) >= 11 is 0. The van der Waals surface area contributed by atoms with E-state index in [0.29, 0.717) is 12.8 Å². The summed E-state index contributed by atoms with van der Waals surface area (Å²) in [4.78, 5) is 11.9. The maximum absolute atomic E-state index is 11.9. The fourth-order valence-electron chi connectivity index (χ4n) is 3.23. The summed E-state index contributed by atoms with van der Waals surface area (Å²) in [5.41, 5.74) is 1.20. The Morgan fingerprint density at radius 3 is 2.53 bits per heavy atom. The van der Waals surface area contributed by atoms with Gasteiger partial charge in [0.25, 0.3) is 0 Å². The zero-order valence-electron chi connectivity index (χ0n) is 11.7. The second kappa shape index (κ2) is 5.64. The molecule has 1 fully saturated rings. The van der Waals surface area contributed by atoms with Crippen molar-refractivity contribution in [3.05, 3.63) is 29.3 Å². The Morgan fingerprint density at radius 1 is 1.32 bits per heavy atom. The third-order valence-corrected chi connectivity index (χ3v) is 4.31. The molecule has 0 unspecified atom stereocenters. The average Bonchev–Trinajstić information content (AvgIpc) is 2.46. The molecule has 1 aliphatic rings. The van der Waals surface area contributed by atoms with Gasteiger partial charge in [-0.25, -0.2) is 0 Å². The average molecular weight is 262 g/mol. The van der Waals surface area contributed by atoms with Crippen LogP contribution >= 0.6 is 0 Å². The predicted molar refractivity (Wildman–Crippen MR) is 74.8 cm³/mol. The molecule has 19 heavy (non-hydrogen) atoms. The summed E-state index contributed by atoms with van der Waals surface area (Å²) in [6.45, 7) is 2.07. The summed E-state index contributed by atoms with van der Waals surface area (Å²) in [7, 11) is 1.64. The third-order valence-electron chi connectivity index (χ3n) is 4.31. The van der Waals surface area contributed by atoms with Crippen LogP contribution in [0.3, 0.4) is 0 Å². The molecule has 3 heteroatoms. The molecule has 0 bridgehead atoms. The highest BCUT2D eigenvalue weighted by molar-refractivity contribution is 5.83. The van der Waals surface area contributed by atoms with Gasteiger partial charge in [-0.3, -0.25) is 4.79 Å². The number of benzene rings is 1. The smallest absolute Gasteiger partial charge is 0.314 e. The lowest BCUT2D eigenvalue weighted by Gasteiger charge is -2.35. The van der Waals surface area contributed by atoms with Crippen LogP contribution in [0.25, 0.3) is 0 Å². The first-order chi connectivity index (χ1) is 9.15. The molecule has 0 radical (unpaired) electrons. The molecule has 0 saturated heterocycles. The minimum absolute atomic E-state index is 0.709. The quantitative estimate of drug-likeness (QED) is 0.902. The van der Waals surface area contributed by atoms with Crippen molar-refractivity contribution in [1.29, 1.82) is 0 Å². The first-order valence-corrected chi connectivity index (χ1v) is 7.05. The van der Waals surface area contributed by atoms with Crippen molar-refractivity contribution >= 4 is 5.97 Å². The first-order valence-electron chi connectivity index (χ1n) is 7.05. The van der Waals surface area contributed by atoms with Crippen molar-refractivity contribution in [2.45, 2.75) is 50.9 Å². The number of para-hydroxylation sites is 1. The Kier molecular flexibility index (Phi) is 4.13. The molecule has 0 heterocycles. The summed E-state index contributed by atoms with van der Waals surface area (Å²) < 4.78 is 5.53. The number of aliphatic carboxylic acids is 1. The minimum atomic E-state index is -0.755. The fraction of sp³-hybridized carbons (Fsp3) is 0.562. The lowest BCUT2D eigenvalue weighted by molar-refractivity contribution is -0.145. The number of carbonyl (C=O) groups is 1. The van der Waals surface area contributed by atoms with E-state index in [1.54, 1.807) is 7.11 Å². The molecule has 0 amide bonds. The molecular weight excluding hydrogens is 240 g/mol. The number of rotatable bonds is 4. The van der Waals surface area contributed by atoms with Crippen LogP contribution in [0.15, 0.2) is 18.2 Å². The molecule has 0 atom stereocenters. The minimum Gasteiger partial charge on any atom is -0.496 e. The Hall–Kier alpha value is -1.51. The van der Waals surface area contributed by atoms with Crippen molar-refractivity contribution in [3.63, 3.8) is 0 Å². The van der Waals surface area contributed by atoms with Crippen LogP contribution in [0.2, 0.25) is 0 Å². The lowest BCUT2D eigenvalue weighted by atomic mass is 9.68. The molecule has 2 rings (SSSR count). The highest BCUT2D eigenvalue weighted by Gasteiger charge is 2.43. The molecule has 1 aromatic carbocycles. The van der Waals surface area contributed by atoms with Gasteiger partial charge in [-0.2, -0.15) is 0 Å². The Balaban J connectivity index is 2.56. The van der Waals surface area contributed by atoms with Gasteiger partial charge < -0.3 is 9.84 Å². The SMILES string of the molecule is CCc1cccc(C2(C(=O)O)CCCCC2)c1OC. The molecular formula is C16H22O3. The van der Waals surface area contributed by atoms with Crippen LogP contribution in [-0.4, -0.2) is 18.2 Å². The van der Waals surface area contributed by atoms with Gasteiger partial charge in [-0.1, -0.05) is 44.4 Å². The van der Waals surface area contributed by atoms with Gasteiger partial charge in [0.1, 0.15) is 5.75 Å². The molecule has 1 aliphatic carbocycles. The monoisotopic (exact) mass is 262 g/mol. The van der Waals surface area contributed by atoms with E-state index in [1.165, 1.54) is 0 Å². The number of carboxylic acid groups (broad SMARTS) is 1. The van der Waals surface area contributed by atoms with Crippen molar-refractivity contribution in [2.24, 2.45) is 0 Å². The number of hydrogen-bond acceptors (Lipinski definition) is 2. The van der Waals surface area contributed by atoms with Gasteiger partial charge in [0.15, 0.2) is 0 Å². The van der Waals surface area contributed by atoms with Gasteiger partial charge in [0.05, 0.1) is 12.5 Å². The van der Waals surface area contributed by atoms with Gasteiger partial charge in [0, 0.05) is 5.56 Å². The van der Waals surface area contributed by atoms with E-state index in [1.807, 2.05) is 18.2 Å². The summed E-state index contributed by atoms with van der Waals surface area (Å²) in [6.07, 6.45) is 5.37. The van der Waals surface area contributed by atoms with E-state index in [2.05, 4.69) is 6.92 Å². The lowest BCUT2D eigenvalue weighted by Crippen LogP contribution is -2.38. The van der Waals surface area contributed by atoms with Crippen LogP contribution in [0.4, 0.5) is 0 Å². The van der Waals surface area contributed by atoms with E-state index >= 15 is 0 Å². The van der Waals surface area contributed by atoms with Crippen molar-refractivity contribution < 1.29 is 14.6 Å². The van der Waals surface area contributed by atoms with Crippen LogP contribution in [0.1, 0.15) is 50.2 Å². The number of methoxy groups -OCH3 is 1. The molecule has 0 aromatic heterocycles. The molecule has 3 nitrogen and oxygen atoms in total. The van der Waals surface area contributed by atoms with Gasteiger partial charge in [-0.15, -0.1) is 0 Å². The summed E-state index contributed by atoms with van der Waals surface area (Å²) in [6, 6.07) is 5.90. The highest BCUT2D eigenvalue weighted by atomic mass is 16.5. The number of carboxylic acids is 1. The number of ether oxygens (including phenoxy) is 1. The van der Waals surface area contributed by atoms with E-state index in [-0.39, 0.29) is 0 Å². The van der Waals surface area contributed by atoms with E-state index in [0.717, 1.165) is 42.6 Å². The summed E-state index contributed by atoms with van der Waals surface area (Å²) in [5, 5.41) is 9.77. The van der Waals surface area contributed by atoms with Crippen molar-refractivity contribution in [3.8, 4) is 5.75 Å². The van der Waals surface area contributed by atoms with E-state index < -0.39 is 11.4 Å². The molecule has 1 saturated carbocycles. The standard InChI is InChI=1S/C16H22O3/c1-3-12-8-7-9-13(14(12)19-2)16(15(17)18)10-5-4-6-11-16/h7-9H,3-6,10-11H2,1-2H3,(H,17,18). The largest absolute Gasteiger partial charge is 0.496 e. The Morgan fingerprint density at radius 2 is 2.00 bits per heavy atom. The third kappa shape index (κ3) is 2.34. The molecule has 1 aromatic rings. The molecule has 104 valence electrons. The van der Waals surface area contributed by atoms with Crippen LogP contribution in [0, 0.1) is 0 Å². The molecule has 1 N–H and O–H groups in total. The zero-order chi connectivity index (χ0) is 13.9. The summed E-state index contributed by atoms with van der Waals surface area (Å²) in [5.74, 6) is 0.0630. The van der Waals surface area contributed by atoms with Gasteiger partial charge in [0.2, 0.25) is 0 Å². The second-order valence-electron chi connectivity index (χ2n) is 5.30. The Bertz CT molecular complexity index is 459. The van der Waals surface area contributed by atoms with Crippen LogP contribution in [-0.2, 0) is 16.6 Å². The predicted octanol–water partition coefficient (Wildman–Crippen LogP) is 3.54. The van der Waals surface area contributed by atoms with Crippen molar-refractivity contribution in [1.82, 2.24) is 0 Å². The Labute approximate surface area is 114 Å². The van der Waals surface area contributed by atoms with Crippen LogP contribution in [0.5, 0.6) is 5.75 Å². The second-order valence-corrected chi connectivity index (χ2v) is 5.30. The normalized spacial score (nSPS) is 18.0. The first kappa shape index (κ1) is 13.9. The maximum atomic E-state index is 11.9. The van der Waals surface area contributed by atoms with E-state index in [4.69, 9.17) is 4.74 Å². The molecule has 0 aliphatic heterocycles. The fourth-order valence-corrected chi connectivity index (χ4v) is 3.23. The van der Waals surface area contributed by atoms with Gasteiger partial charge in [-0.05, 0) is 24.8 Å². The van der Waals surface area contributed by atoms with Crippen LogP contribution < -0.4 is 4.74 Å². The highest BCUT2D eigenvalue weighted by Crippen LogP contribution is 2.44. The number of hydrogen-bond donors (Lipinski definition) is 1. The maximum Gasteiger partial charge on any atom is 0.314 e. The van der Waals surface area contributed by atoms with Crippen molar-refractivity contribution in [2.75, 3.05) is 7.11 Å². The van der Waals surface area contributed by atoms with Gasteiger partial charge >= 0.3 is 5.97 Å². The zero-order valence-corrected chi connectivity index (χ0v) is 11.7. The molecule has 0 spiro atoms. The topological polar surface area (TPSA) is 46.5 Å². The number of aryl methyl sites for hydroxylation is 1. The van der Waals surface area contributed by atoms with E-state index in [9.17, 15) is 9.90 Å².